The fourth-order valence-corrected chi connectivity index (χ4v) is 5.78. The van der Waals surface area contributed by atoms with Gasteiger partial charge in [0.2, 0.25) is 0 Å². The summed E-state index contributed by atoms with van der Waals surface area (Å²) in [6.07, 6.45) is 0.657. The zero-order chi connectivity index (χ0) is 24.3. The lowest BCUT2D eigenvalue weighted by Gasteiger charge is -2.41. The van der Waals surface area contributed by atoms with Crippen LogP contribution in [0.3, 0.4) is 0 Å². The topological polar surface area (TPSA) is 166 Å². The molecule has 1 heterocycles. The molecule has 0 radical (unpaired) electrons. The Hall–Kier alpha value is -3.85. The van der Waals surface area contributed by atoms with Crippen molar-refractivity contribution in [1.29, 1.82) is 0 Å². The zero-order valence-electron chi connectivity index (χ0n) is 18.5. The Kier molecular flexibility index (Phi) is 5.09. The minimum Gasteiger partial charge on any atom is -0.511 e. The molecule has 3 aliphatic carbocycles. The number of carbonyl (C=O) groups excluding carboxylic acids is 3. The Morgan fingerprint density at radius 3 is 2.62 bits per heavy atom. The van der Waals surface area contributed by atoms with Gasteiger partial charge < -0.3 is 31.4 Å². The summed E-state index contributed by atoms with van der Waals surface area (Å²) < 4.78 is 0. The van der Waals surface area contributed by atoms with E-state index in [9.17, 15) is 29.7 Å². The molecular weight excluding hydrogens is 438 g/mol. The third kappa shape index (κ3) is 3.15. The largest absolute Gasteiger partial charge is 0.511 e. The number of nitrogens with one attached hydrogen (secondary N) is 2. The number of allylic oxidation sites excluding steroid dienone is 2. The number of aliphatic hydroxyl groups is 2. The van der Waals surface area contributed by atoms with Crippen LogP contribution in [0.5, 0.6) is 5.75 Å². The lowest BCUT2D eigenvalue weighted by molar-refractivity contribution is -0.127. The molecule has 1 saturated carbocycles. The van der Waals surface area contributed by atoms with Crippen LogP contribution in [0.25, 0.3) is 17.0 Å². The average molecular weight is 463 g/mol. The monoisotopic (exact) mass is 463 g/mol. The highest BCUT2D eigenvalue weighted by molar-refractivity contribution is 6.21. The molecule has 1 aromatic heterocycles. The highest BCUT2D eigenvalue weighted by atomic mass is 16.3. The molecule has 176 valence electrons. The number of phenols is 1. The number of benzene rings is 1. The van der Waals surface area contributed by atoms with E-state index in [1.54, 1.807) is 6.07 Å². The van der Waals surface area contributed by atoms with Crippen molar-refractivity contribution < 1.29 is 29.7 Å². The van der Waals surface area contributed by atoms with Gasteiger partial charge in [0.05, 0.1) is 11.5 Å². The number of H-pyrrole nitrogens is 1. The third-order valence-corrected chi connectivity index (χ3v) is 7.18. The summed E-state index contributed by atoms with van der Waals surface area (Å²) in [5, 5.41) is 35.5. The van der Waals surface area contributed by atoms with Gasteiger partial charge in [0, 0.05) is 35.5 Å². The molecule has 3 atom stereocenters. The van der Waals surface area contributed by atoms with Crippen molar-refractivity contribution in [2.75, 3.05) is 7.05 Å². The second kappa shape index (κ2) is 7.88. The number of ketones is 2. The van der Waals surface area contributed by atoms with Gasteiger partial charge in [-0.3, -0.25) is 14.4 Å². The SMILES string of the molecule is CNCc1ccc(-c2ccc(O)c3c2CC2CC4CC(=O)C(C(N)=O)=C(O)C4C(=O)C2=C3O)[nH]1. The first-order chi connectivity index (χ1) is 16.2. The van der Waals surface area contributed by atoms with E-state index < -0.39 is 46.6 Å². The van der Waals surface area contributed by atoms with Gasteiger partial charge in [-0.05, 0) is 61.6 Å². The summed E-state index contributed by atoms with van der Waals surface area (Å²) in [6.45, 7) is 0.647. The van der Waals surface area contributed by atoms with E-state index in [2.05, 4.69) is 10.3 Å². The van der Waals surface area contributed by atoms with Gasteiger partial charge in [0.25, 0.3) is 5.91 Å². The molecule has 9 heteroatoms. The molecule has 1 amide bonds. The summed E-state index contributed by atoms with van der Waals surface area (Å²) in [7, 11) is 1.84. The van der Waals surface area contributed by atoms with Crippen LogP contribution < -0.4 is 11.1 Å². The maximum atomic E-state index is 13.5. The number of carbonyl (C=O) groups is 3. The molecule has 0 bridgehead atoms. The Morgan fingerprint density at radius 2 is 1.91 bits per heavy atom. The maximum absolute atomic E-state index is 13.5. The van der Waals surface area contributed by atoms with Crippen molar-refractivity contribution in [1.82, 2.24) is 10.3 Å². The summed E-state index contributed by atoms with van der Waals surface area (Å²) >= 11 is 0. The second-order valence-electron chi connectivity index (χ2n) is 9.17. The standard InChI is InChI=1S/C25H25N3O6/c1-27-9-12-2-4-15(28-12)13-3-5-16(29)20-14(13)7-10-6-11-8-17(30)21(25(26)34)24(33)19(11)22(31)18(10)23(20)32/h2-5,10-11,19,27-29,32-33H,6-9H2,1H3,(H2,26,34). The van der Waals surface area contributed by atoms with Gasteiger partial charge in [-0.25, -0.2) is 0 Å². The zero-order valence-corrected chi connectivity index (χ0v) is 18.5. The number of rotatable bonds is 4. The van der Waals surface area contributed by atoms with Crippen molar-refractivity contribution >= 4 is 23.2 Å². The minimum absolute atomic E-state index is 0.0763. The smallest absolute Gasteiger partial charge is 0.255 e. The van der Waals surface area contributed by atoms with E-state index in [1.807, 2.05) is 19.2 Å². The predicted molar refractivity (Wildman–Crippen MR) is 122 cm³/mol. The third-order valence-electron chi connectivity index (χ3n) is 7.18. The number of amides is 1. The Labute approximate surface area is 195 Å². The van der Waals surface area contributed by atoms with Gasteiger partial charge in [0.1, 0.15) is 22.8 Å². The number of Topliss-reactive ketones (excluding diaryl/α,β-unsaturated/α-hetero) is 2. The molecule has 0 aliphatic heterocycles. The lowest BCUT2D eigenvalue weighted by Crippen LogP contribution is -2.44. The summed E-state index contributed by atoms with van der Waals surface area (Å²) in [5.74, 6) is -5.32. The number of aromatic nitrogens is 1. The van der Waals surface area contributed by atoms with Gasteiger partial charge in [-0.1, -0.05) is 0 Å². The van der Waals surface area contributed by atoms with Crippen LogP contribution in [0.2, 0.25) is 0 Å². The molecule has 0 saturated heterocycles. The van der Waals surface area contributed by atoms with E-state index >= 15 is 0 Å². The predicted octanol–water partition coefficient (Wildman–Crippen LogP) is 2.02. The number of phenolic OH excluding ortho intramolecular Hbond substituents is 1. The van der Waals surface area contributed by atoms with E-state index in [-0.39, 0.29) is 29.1 Å². The quantitative estimate of drug-likeness (QED) is 0.377. The normalized spacial score (nSPS) is 24.1. The minimum atomic E-state index is -1.12. The van der Waals surface area contributed by atoms with Crippen LogP contribution in [0, 0.1) is 17.8 Å². The Morgan fingerprint density at radius 1 is 1.15 bits per heavy atom. The summed E-state index contributed by atoms with van der Waals surface area (Å²) in [5.41, 5.74) is 8.30. The number of aromatic amines is 1. The molecule has 3 aliphatic rings. The van der Waals surface area contributed by atoms with Crippen LogP contribution in [-0.2, 0) is 27.3 Å². The van der Waals surface area contributed by atoms with E-state index in [0.717, 1.165) is 17.0 Å². The molecule has 5 rings (SSSR count). The second-order valence-corrected chi connectivity index (χ2v) is 9.17. The number of aromatic hydroxyl groups is 1. The van der Waals surface area contributed by atoms with E-state index in [0.29, 0.717) is 24.9 Å². The fourth-order valence-electron chi connectivity index (χ4n) is 5.78. The molecule has 2 aromatic rings. The lowest BCUT2D eigenvalue weighted by atomic mass is 9.61. The van der Waals surface area contributed by atoms with Gasteiger partial charge in [-0.15, -0.1) is 0 Å². The average Bonchev–Trinajstić information content (AvgIpc) is 3.21. The number of hydrogen-bond acceptors (Lipinski definition) is 7. The first kappa shape index (κ1) is 22.0. The summed E-state index contributed by atoms with van der Waals surface area (Å²) in [6, 6.07) is 7.11. The molecule has 34 heavy (non-hydrogen) atoms. The number of primary amides is 1. The molecule has 1 aromatic carbocycles. The van der Waals surface area contributed by atoms with Crippen molar-refractivity contribution in [2.24, 2.45) is 23.5 Å². The number of fused-ring (bicyclic) bond motifs is 3. The fraction of sp³-hybridized carbons (Fsp3) is 0.320. The van der Waals surface area contributed by atoms with Crippen LogP contribution in [-0.4, -0.2) is 44.8 Å². The molecule has 1 fully saturated rings. The molecule has 0 spiro atoms. The highest BCUT2D eigenvalue weighted by Gasteiger charge is 2.51. The van der Waals surface area contributed by atoms with E-state index in [1.165, 1.54) is 6.07 Å². The molecule has 3 unspecified atom stereocenters. The first-order valence-corrected chi connectivity index (χ1v) is 11.1. The van der Waals surface area contributed by atoms with Crippen LogP contribution in [0.15, 0.2) is 41.2 Å². The van der Waals surface area contributed by atoms with Crippen molar-refractivity contribution in [3.63, 3.8) is 0 Å². The van der Waals surface area contributed by atoms with Crippen molar-refractivity contribution in [3.05, 3.63) is 58.0 Å². The van der Waals surface area contributed by atoms with Crippen LogP contribution in [0.1, 0.15) is 29.7 Å². The Balaban J connectivity index is 1.63. The van der Waals surface area contributed by atoms with Crippen LogP contribution in [0.4, 0.5) is 0 Å². The Bertz CT molecular complexity index is 1320. The molecule has 9 nitrogen and oxygen atoms in total. The maximum Gasteiger partial charge on any atom is 0.255 e. The summed E-state index contributed by atoms with van der Waals surface area (Å²) in [4.78, 5) is 40.9. The van der Waals surface area contributed by atoms with Crippen molar-refractivity contribution in [2.45, 2.75) is 25.8 Å². The van der Waals surface area contributed by atoms with Crippen molar-refractivity contribution in [3.8, 4) is 17.0 Å². The number of nitrogens with two attached hydrogens (primary N) is 1. The highest BCUT2D eigenvalue weighted by Crippen LogP contribution is 2.51. The first-order valence-electron chi connectivity index (χ1n) is 11.1. The van der Waals surface area contributed by atoms with Gasteiger partial charge in [-0.2, -0.15) is 0 Å². The molecule has 7 N–H and O–H groups in total. The van der Waals surface area contributed by atoms with Crippen LogP contribution >= 0.6 is 0 Å². The van der Waals surface area contributed by atoms with Gasteiger partial charge >= 0.3 is 0 Å². The number of aliphatic hydroxyl groups excluding tert-OH is 2. The number of hydrogen-bond donors (Lipinski definition) is 6. The molecular formula is C25H25N3O6. The van der Waals surface area contributed by atoms with E-state index in [4.69, 9.17) is 5.73 Å². The van der Waals surface area contributed by atoms with Gasteiger partial charge in [0.15, 0.2) is 11.6 Å².